The Morgan fingerprint density at radius 2 is 1.74 bits per heavy atom. The van der Waals surface area contributed by atoms with Gasteiger partial charge in [-0.1, -0.05) is 0 Å². The molecule has 2 aromatic rings. The fourth-order valence-corrected chi connectivity index (χ4v) is 4.90. The molecule has 0 radical (unpaired) electrons. The zero-order chi connectivity index (χ0) is 26.9. The normalized spacial score (nSPS) is 19.2. The van der Waals surface area contributed by atoms with Gasteiger partial charge in [-0.3, -0.25) is 9.48 Å². The van der Waals surface area contributed by atoms with Crippen LogP contribution in [0.4, 0.5) is 15.1 Å². The molecular formula is C26H39FN8O3. The average molecular weight is 531 g/mol. The second-order valence-corrected chi connectivity index (χ2v) is 10.4. The molecule has 0 spiro atoms. The summed E-state index contributed by atoms with van der Waals surface area (Å²) in [4.78, 5) is 31.2. The van der Waals surface area contributed by atoms with Gasteiger partial charge in [-0.2, -0.15) is 5.10 Å². The molecular weight excluding hydrogens is 491 g/mol. The number of anilines is 1. The molecule has 0 aromatic carbocycles. The summed E-state index contributed by atoms with van der Waals surface area (Å²) in [6.45, 7) is 1.30. The molecule has 2 amide bonds. The van der Waals surface area contributed by atoms with Crippen LogP contribution in [-0.2, 0) is 18.3 Å². The van der Waals surface area contributed by atoms with E-state index in [0.29, 0.717) is 30.6 Å². The Hall–Kier alpha value is -3.28. The topological polar surface area (TPSA) is 146 Å². The van der Waals surface area contributed by atoms with Gasteiger partial charge in [-0.15, -0.1) is 0 Å². The molecule has 0 atom stereocenters. The molecule has 2 heterocycles. The third-order valence-corrected chi connectivity index (χ3v) is 7.30. The summed E-state index contributed by atoms with van der Waals surface area (Å²) in [5.41, 5.74) is 2.05. The molecule has 11 nitrogen and oxygen atoms in total. The molecule has 2 saturated carbocycles. The first-order valence-corrected chi connectivity index (χ1v) is 13.7. The minimum Gasteiger partial charge on any atom is -0.465 e. The van der Waals surface area contributed by atoms with E-state index in [0.717, 1.165) is 62.6 Å². The van der Waals surface area contributed by atoms with Gasteiger partial charge in [0, 0.05) is 43.5 Å². The lowest BCUT2D eigenvalue weighted by Crippen LogP contribution is -2.42. The van der Waals surface area contributed by atoms with E-state index < -0.39 is 11.9 Å². The maximum Gasteiger partial charge on any atom is 0.404 e. The Kier molecular flexibility index (Phi) is 9.85. The van der Waals surface area contributed by atoms with E-state index in [-0.39, 0.29) is 24.5 Å². The van der Waals surface area contributed by atoms with Gasteiger partial charge in [0.25, 0.3) is 0 Å². The number of nitrogens with one attached hydrogen (secondary N) is 4. The third kappa shape index (κ3) is 8.37. The Morgan fingerprint density at radius 3 is 2.45 bits per heavy atom. The quantitative estimate of drug-likeness (QED) is 0.234. The highest BCUT2D eigenvalue weighted by atomic mass is 19.1. The largest absolute Gasteiger partial charge is 0.465 e. The average Bonchev–Trinajstić information content (AvgIpc) is 3.65. The van der Waals surface area contributed by atoms with E-state index in [4.69, 9.17) is 5.11 Å². The van der Waals surface area contributed by atoms with Crippen LogP contribution in [-0.4, -0.2) is 68.6 Å². The molecule has 0 aliphatic heterocycles. The lowest BCUT2D eigenvalue weighted by atomic mass is 9.91. The van der Waals surface area contributed by atoms with Crippen molar-refractivity contribution < 1.29 is 19.1 Å². The second-order valence-electron chi connectivity index (χ2n) is 10.4. The number of carbonyl (C=O) groups excluding carboxylic acids is 1. The minimum absolute atomic E-state index is 0.0300. The van der Waals surface area contributed by atoms with Crippen molar-refractivity contribution in [3.05, 3.63) is 23.9 Å². The molecule has 2 aromatic heterocycles. The summed E-state index contributed by atoms with van der Waals surface area (Å²) in [6.07, 6.45) is 11.3. The van der Waals surface area contributed by atoms with Crippen molar-refractivity contribution in [1.29, 1.82) is 0 Å². The van der Waals surface area contributed by atoms with Gasteiger partial charge in [0.15, 0.2) is 5.82 Å². The Balaban J connectivity index is 1.16. The number of amides is 2. The van der Waals surface area contributed by atoms with Gasteiger partial charge < -0.3 is 26.4 Å². The Bertz CT molecular complexity index is 1080. The number of hydrogen-bond donors (Lipinski definition) is 5. The molecule has 208 valence electrons. The molecule has 0 saturated heterocycles. The van der Waals surface area contributed by atoms with Crippen LogP contribution in [0, 0.1) is 11.7 Å². The van der Waals surface area contributed by atoms with Crippen LogP contribution in [0.15, 0.2) is 12.4 Å². The zero-order valence-corrected chi connectivity index (χ0v) is 22.0. The van der Waals surface area contributed by atoms with Crippen LogP contribution in [0.2, 0.25) is 0 Å². The van der Waals surface area contributed by atoms with Crippen LogP contribution < -0.4 is 21.3 Å². The monoisotopic (exact) mass is 530 g/mol. The van der Waals surface area contributed by atoms with Crippen molar-refractivity contribution >= 4 is 17.9 Å². The van der Waals surface area contributed by atoms with Gasteiger partial charge in [-0.25, -0.2) is 19.2 Å². The number of unbranched alkanes of at least 4 members (excludes halogenated alkanes) is 2. The molecule has 2 aliphatic carbocycles. The van der Waals surface area contributed by atoms with Crippen LogP contribution in [0.25, 0.3) is 11.3 Å². The number of aromatic nitrogens is 4. The van der Waals surface area contributed by atoms with Gasteiger partial charge in [-0.05, 0) is 70.1 Å². The van der Waals surface area contributed by atoms with Gasteiger partial charge >= 0.3 is 6.09 Å². The molecule has 12 heteroatoms. The summed E-state index contributed by atoms with van der Waals surface area (Å²) < 4.78 is 16.5. The lowest BCUT2D eigenvalue weighted by Gasteiger charge is -2.29. The molecule has 5 N–H and O–H groups in total. The zero-order valence-electron chi connectivity index (χ0n) is 22.0. The maximum absolute atomic E-state index is 14.7. The third-order valence-electron chi connectivity index (χ3n) is 7.30. The second kappa shape index (κ2) is 13.5. The van der Waals surface area contributed by atoms with Crippen LogP contribution in [0.1, 0.15) is 63.5 Å². The first-order chi connectivity index (χ1) is 18.4. The number of rotatable bonds is 14. The summed E-state index contributed by atoms with van der Waals surface area (Å²) >= 11 is 0. The van der Waals surface area contributed by atoms with Crippen molar-refractivity contribution in [2.75, 3.05) is 25.0 Å². The summed E-state index contributed by atoms with van der Waals surface area (Å²) in [7, 11) is 1.89. The maximum atomic E-state index is 14.7. The predicted octanol–water partition coefficient (Wildman–Crippen LogP) is 2.84. The van der Waals surface area contributed by atoms with E-state index in [9.17, 15) is 14.0 Å². The SMILES string of the molecule is Cn1ncc(-c2nc(NC3CCC(NCC(=O)NCCCCCNC(=O)O)CC3)ncc2F)c1CC1CC1. The number of halogens is 1. The first-order valence-electron chi connectivity index (χ1n) is 13.7. The highest BCUT2D eigenvalue weighted by Crippen LogP contribution is 2.36. The van der Waals surface area contributed by atoms with Gasteiger partial charge in [0.2, 0.25) is 11.9 Å². The minimum atomic E-state index is -1.01. The molecule has 2 fully saturated rings. The van der Waals surface area contributed by atoms with Crippen molar-refractivity contribution in [3.8, 4) is 11.3 Å². The molecule has 4 rings (SSSR count). The van der Waals surface area contributed by atoms with E-state index in [1.54, 1.807) is 6.20 Å². The van der Waals surface area contributed by atoms with E-state index in [2.05, 4.69) is 36.3 Å². The van der Waals surface area contributed by atoms with E-state index in [1.165, 1.54) is 19.0 Å². The number of aryl methyl sites for hydroxylation is 1. The highest BCUT2D eigenvalue weighted by Gasteiger charge is 2.27. The number of carboxylic acid groups (broad SMARTS) is 1. The van der Waals surface area contributed by atoms with E-state index >= 15 is 0 Å². The number of carbonyl (C=O) groups is 2. The van der Waals surface area contributed by atoms with Crippen molar-refractivity contribution in [2.24, 2.45) is 13.0 Å². The number of nitrogens with zero attached hydrogens (tertiary/aromatic N) is 4. The van der Waals surface area contributed by atoms with Crippen LogP contribution >= 0.6 is 0 Å². The Morgan fingerprint density at radius 1 is 1.03 bits per heavy atom. The summed E-state index contributed by atoms with van der Waals surface area (Å²) in [6, 6.07) is 0.460. The molecule has 0 unspecified atom stereocenters. The number of hydrogen-bond acceptors (Lipinski definition) is 7. The summed E-state index contributed by atoms with van der Waals surface area (Å²) in [5, 5.41) is 24.8. The van der Waals surface area contributed by atoms with Crippen LogP contribution in [0.3, 0.4) is 0 Å². The van der Waals surface area contributed by atoms with Crippen molar-refractivity contribution in [3.63, 3.8) is 0 Å². The molecule has 0 bridgehead atoms. The van der Waals surface area contributed by atoms with E-state index in [1.807, 2.05) is 11.7 Å². The standard InChI is InChI=1S/C26H39FN8O3/c1-35-22(13-17-5-6-17)20(14-32-35)24-21(27)15-31-25(34-24)33-19-9-7-18(8-10-19)30-16-23(36)28-11-3-2-4-12-29-26(37)38/h14-15,17-19,29-30H,2-13,16H2,1H3,(H,28,36)(H,37,38)(H,31,33,34). The predicted molar refractivity (Wildman–Crippen MR) is 141 cm³/mol. The first kappa shape index (κ1) is 27.7. The fraction of sp³-hybridized carbons (Fsp3) is 0.654. The smallest absolute Gasteiger partial charge is 0.404 e. The van der Waals surface area contributed by atoms with Crippen molar-refractivity contribution in [2.45, 2.75) is 76.3 Å². The van der Waals surface area contributed by atoms with Gasteiger partial charge in [0.05, 0.1) is 18.9 Å². The molecule has 38 heavy (non-hydrogen) atoms. The lowest BCUT2D eigenvalue weighted by molar-refractivity contribution is -0.120. The van der Waals surface area contributed by atoms with Crippen LogP contribution in [0.5, 0.6) is 0 Å². The van der Waals surface area contributed by atoms with Crippen molar-refractivity contribution in [1.82, 2.24) is 35.7 Å². The summed E-state index contributed by atoms with van der Waals surface area (Å²) in [5.74, 6) is 0.609. The highest BCUT2D eigenvalue weighted by molar-refractivity contribution is 5.78. The Labute approximate surface area is 222 Å². The fourth-order valence-electron chi connectivity index (χ4n) is 4.90. The van der Waals surface area contributed by atoms with Gasteiger partial charge in [0.1, 0.15) is 5.69 Å². The molecule has 2 aliphatic rings.